The fraction of sp³-hybridized carbons (Fsp3) is 0.379. The molecule has 0 bridgehead atoms. The number of rotatable bonds is 7. The number of anilines is 1. The van der Waals surface area contributed by atoms with Gasteiger partial charge in [0.05, 0.1) is 17.6 Å². The Labute approximate surface area is 233 Å². The lowest BCUT2D eigenvalue weighted by Gasteiger charge is -2.30. The molecule has 2 aromatic carbocycles. The van der Waals surface area contributed by atoms with Gasteiger partial charge in [-0.1, -0.05) is 12.1 Å². The minimum atomic E-state index is -0.945. The zero-order valence-corrected chi connectivity index (χ0v) is 22.6. The Balaban J connectivity index is 1.50. The number of ether oxygens (including phenoxy) is 1. The number of benzene rings is 2. The van der Waals surface area contributed by atoms with Crippen molar-refractivity contribution in [3.8, 4) is 23.1 Å². The Hall–Kier alpha value is -4.16. The number of hydrogen-bond donors (Lipinski definition) is 3. The monoisotopic (exact) mass is 565 g/mol. The molecule has 10 nitrogen and oxygen atoms in total. The topological polar surface area (TPSA) is 130 Å². The lowest BCUT2D eigenvalue weighted by atomic mass is 9.95. The van der Waals surface area contributed by atoms with Gasteiger partial charge in [-0.25, -0.2) is 13.6 Å². The number of halogens is 2. The molecule has 214 valence electrons. The fourth-order valence-electron chi connectivity index (χ4n) is 6.17. The Kier molecular flexibility index (Phi) is 6.82. The summed E-state index contributed by atoms with van der Waals surface area (Å²) in [7, 11) is 1.60. The van der Waals surface area contributed by atoms with E-state index in [0.717, 1.165) is 19.4 Å². The molecule has 2 saturated heterocycles. The van der Waals surface area contributed by atoms with Crippen molar-refractivity contribution in [3.63, 3.8) is 0 Å². The number of aryl methyl sites for hydroxylation is 1. The molecule has 4 aromatic rings. The normalized spacial score (nSPS) is 20.5. The molecule has 2 aliphatic rings. The van der Waals surface area contributed by atoms with Crippen LogP contribution < -0.4 is 21.0 Å². The average Bonchev–Trinajstić information content (AvgIpc) is 3.44. The van der Waals surface area contributed by atoms with Gasteiger partial charge in [-0.2, -0.15) is 9.97 Å². The third-order valence-electron chi connectivity index (χ3n) is 7.96. The lowest BCUT2D eigenvalue weighted by molar-refractivity contribution is -0.115. The number of amides is 1. The molecule has 2 aromatic heterocycles. The van der Waals surface area contributed by atoms with Crippen LogP contribution in [-0.4, -0.2) is 70.9 Å². The molecule has 0 spiro atoms. The molecule has 0 saturated carbocycles. The van der Waals surface area contributed by atoms with Gasteiger partial charge in [0.1, 0.15) is 35.5 Å². The maximum Gasteiger partial charge on any atom is 0.349 e. The summed E-state index contributed by atoms with van der Waals surface area (Å²) < 4.78 is 41.0. The van der Waals surface area contributed by atoms with Crippen LogP contribution in [0.3, 0.4) is 0 Å². The summed E-state index contributed by atoms with van der Waals surface area (Å²) in [6.45, 7) is 2.86. The van der Waals surface area contributed by atoms with Crippen molar-refractivity contribution in [2.24, 2.45) is 0 Å². The SMILES string of the molecule is CNCC(=O)Nc1nc(OC[C@@]23CCCN2C[C@H](F)C3)nc2c(C)c(-c3cc(O)cc4cccc(F)c34)oc(=O)c12. The first kappa shape index (κ1) is 27.0. The third kappa shape index (κ3) is 4.76. The first-order valence-electron chi connectivity index (χ1n) is 13.4. The smallest absolute Gasteiger partial charge is 0.349 e. The molecule has 1 amide bonds. The molecular formula is C29H29F2N5O5. The van der Waals surface area contributed by atoms with E-state index in [0.29, 0.717) is 23.9 Å². The maximum absolute atomic E-state index is 15.0. The predicted molar refractivity (Wildman–Crippen MR) is 148 cm³/mol. The first-order chi connectivity index (χ1) is 19.7. The number of carbonyl (C=O) groups is 1. The molecule has 3 N–H and O–H groups in total. The van der Waals surface area contributed by atoms with E-state index in [-0.39, 0.29) is 58.3 Å². The number of phenols is 1. The van der Waals surface area contributed by atoms with Crippen LogP contribution >= 0.6 is 0 Å². The molecule has 12 heteroatoms. The van der Waals surface area contributed by atoms with Gasteiger partial charge in [0.25, 0.3) is 0 Å². The van der Waals surface area contributed by atoms with Gasteiger partial charge in [-0.05, 0) is 56.9 Å². The predicted octanol–water partition coefficient (Wildman–Crippen LogP) is 3.67. The van der Waals surface area contributed by atoms with Gasteiger partial charge in [-0.3, -0.25) is 9.69 Å². The number of aromatic hydroxyl groups is 1. The van der Waals surface area contributed by atoms with Crippen LogP contribution in [0.25, 0.3) is 33.0 Å². The second-order valence-electron chi connectivity index (χ2n) is 10.7. The van der Waals surface area contributed by atoms with E-state index >= 15 is 4.39 Å². The number of carbonyl (C=O) groups excluding carboxylic acids is 1. The minimum Gasteiger partial charge on any atom is -0.508 e. The highest BCUT2D eigenvalue weighted by molar-refractivity contribution is 6.03. The summed E-state index contributed by atoms with van der Waals surface area (Å²) in [6, 6.07) is 7.05. The average molecular weight is 566 g/mol. The Morgan fingerprint density at radius 3 is 2.93 bits per heavy atom. The van der Waals surface area contributed by atoms with Crippen molar-refractivity contribution in [2.75, 3.05) is 38.6 Å². The number of aromatic nitrogens is 2. The minimum absolute atomic E-state index is 0.00211. The largest absolute Gasteiger partial charge is 0.508 e. The highest BCUT2D eigenvalue weighted by Gasteiger charge is 2.49. The summed E-state index contributed by atoms with van der Waals surface area (Å²) in [5, 5.41) is 16.2. The highest BCUT2D eigenvalue weighted by atomic mass is 19.1. The molecule has 0 radical (unpaired) electrons. The molecule has 2 atom stereocenters. The van der Waals surface area contributed by atoms with Crippen molar-refractivity contribution >= 4 is 33.4 Å². The standard InChI is InChI=1S/C29H29F2N5O5/c1-15-24-23(27(39)41-25(15)19-10-18(37)9-16-5-3-6-20(31)22(16)19)26(33-21(38)12-32-2)35-28(34-24)40-14-29-7-4-8-36(29)13-17(30)11-29/h3,5-6,9-10,17,32,37H,4,7-8,11-14H2,1-2H3,(H,33,34,35,38)/t17-,29+/m1/s1. The van der Waals surface area contributed by atoms with Crippen LogP contribution in [0.15, 0.2) is 39.5 Å². The number of nitrogens with zero attached hydrogens (tertiary/aromatic N) is 3. The number of alkyl halides is 1. The molecule has 6 rings (SSSR count). The zero-order chi connectivity index (χ0) is 28.9. The van der Waals surface area contributed by atoms with E-state index in [1.165, 1.54) is 24.3 Å². The zero-order valence-electron chi connectivity index (χ0n) is 22.6. The van der Waals surface area contributed by atoms with E-state index in [2.05, 4.69) is 25.5 Å². The molecule has 0 aliphatic carbocycles. The quantitative estimate of drug-likeness (QED) is 0.307. The van der Waals surface area contributed by atoms with Gasteiger partial charge in [0, 0.05) is 29.5 Å². The number of phenolic OH excluding ortho intramolecular Hbond substituents is 1. The molecule has 2 fully saturated rings. The summed E-state index contributed by atoms with van der Waals surface area (Å²) in [5.41, 5.74) is -0.699. The Morgan fingerprint density at radius 2 is 2.12 bits per heavy atom. The van der Waals surface area contributed by atoms with Gasteiger partial charge >= 0.3 is 11.6 Å². The van der Waals surface area contributed by atoms with E-state index in [4.69, 9.17) is 9.15 Å². The van der Waals surface area contributed by atoms with Crippen LogP contribution in [0.1, 0.15) is 24.8 Å². The summed E-state index contributed by atoms with van der Waals surface area (Å²) >= 11 is 0. The molecule has 4 heterocycles. The number of fused-ring (bicyclic) bond motifs is 3. The first-order valence-corrected chi connectivity index (χ1v) is 13.4. The molecule has 41 heavy (non-hydrogen) atoms. The van der Waals surface area contributed by atoms with E-state index in [1.54, 1.807) is 20.0 Å². The maximum atomic E-state index is 15.0. The second-order valence-corrected chi connectivity index (χ2v) is 10.7. The highest BCUT2D eigenvalue weighted by Crippen LogP contribution is 2.41. The molecule has 0 unspecified atom stereocenters. The number of likely N-dealkylation sites (N-methyl/N-ethyl adjacent to an activating group) is 1. The van der Waals surface area contributed by atoms with Crippen LogP contribution in [-0.2, 0) is 4.79 Å². The number of nitrogens with one attached hydrogen (secondary N) is 2. The van der Waals surface area contributed by atoms with E-state index in [1.807, 2.05) is 0 Å². The van der Waals surface area contributed by atoms with Crippen LogP contribution in [0.4, 0.5) is 14.6 Å². The van der Waals surface area contributed by atoms with Crippen LogP contribution in [0, 0.1) is 12.7 Å². The second kappa shape index (κ2) is 10.3. The Morgan fingerprint density at radius 1 is 1.29 bits per heavy atom. The van der Waals surface area contributed by atoms with Crippen LogP contribution in [0.5, 0.6) is 11.8 Å². The van der Waals surface area contributed by atoms with Crippen molar-refractivity contribution in [1.29, 1.82) is 0 Å². The van der Waals surface area contributed by atoms with Crippen molar-refractivity contribution in [2.45, 2.75) is 37.9 Å². The van der Waals surface area contributed by atoms with Gasteiger partial charge in [0.2, 0.25) is 5.91 Å². The van der Waals surface area contributed by atoms with E-state index in [9.17, 15) is 19.1 Å². The van der Waals surface area contributed by atoms with Crippen LogP contribution in [0.2, 0.25) is 0 Å². The summed E-state index contributed by atoms with van der Waals surface area (Å²) in [6.07, 6.45) is 1.10. The fourth-order valence-corrected chi connectivity index (χ4v) is 6.17. The number of hydrogen-bond acceptors (Lipinski definition) is 9. The molecule has 2 aliphatic heterocycles. The van der Waals surface area contributed by atoms with Gasteiger partial charge in [0.15, 0.2) is 5.82 Å². The van der Waals surface area contributed by atoms with E-state index < -0.39 is 29.1 Å². The van der Waals surface area contributed by atoms with Gasteiger partial charge in [-0.15, -0.1) is 0 Å². The lowest BCUT2D eigenvalue weighted by Crippen LogP contribution is -2.43. The Bertz CT molecular complexity index is 1750. The summed E-state index contributed by atoms with van der Waals surface area (Å²) in [5.74, 6) is -1.26. The summed E-state index contributed by atoms with van der Waals surface area (Å²) in [4.78, 5) is 36.8. The molecular weight excluding hydrogens is 536 g/mol. The van der Waals surface area contributed by atoms with Crippen molar-refractivity contribution in [3.05, 3.63) is 52.1 Å². The van der Waals surface area contributed by atoms with Crippen molar-refractivity contribution in [1.82, 2.24) is 20.2 Å². The van der Waals surface area contributed by atoms with Gasteiger partial charge < -0.3 is 24.9 Å². The van der Waals surface area contributed by atoms with Crippen molar-refractivity contribution < 1.29 is 27.8 Å². The third-order valence-corrected chi connectivity index (χ3v) is 7.96.